The molecule has 1 fully saturated rings. The van der Waals surface area contributed by atoms with Crippen molar-refractivity contribution in [2.75, 3.05) is 0 Å². The molecule has 0 unspecified atom stereocenters. The fourth-order valence-corrected chi connectivity index (χ4v) is 1.10. The lowest BCUT2D eigenvalue weighted by molar-refractivity contribution is -0.109. The van der Waals surface area contributed by atoms with E-state index in [9.17, 15) is 4.79 Å². The highest BCUT2D eigenvalue weighted by atomic mass is 16.1. The van der Waals surface area contributed by atoms with E-state index in [1.165, 1.54) is 0 Å². The Kier molecular flexibility index (Phi) is 0.952. The molecule has 1 aliphatic carbocycles. The van der Waals surface area contributed by atoms with Crippen molar-refractivity contribution in [3.63, 3.8) is 0 Å². The van der Waals surface area contributed by atoms with Crippen LogP contribution in [0, 0.1) is 0 Å². The summed E-state index contributed by atoms with van der Waals surface area (Å²) in [5, 5.41) is 0. The number of hydrogen-bond donors (Lipinski definition) is 1. The summed E-state index contributed by atoms with van der Waals surface area (Å²) in [5.74, 6) is 0. The van der Waals surface area contributed by atoms with Crippen molar-refractivity contribution in [1.82, 2.24) is 9.97 Å². The minimum absolute atomic E-state index is 0.208. The van der Waals surface area contributed by atoms with Crippen LogP contribution in [0.5, 0.6) is 0 Å². The van der Waals surface area contributed by atoms with Crippen LogP contribution in [0.2, 0.25) is 0 Å². The molecule has 0 bridgehead atoms. The van der Waals surface area contributed by atoms with Crippen LogP contribution in [0.1, 0.15) is 18.5 Å². The van der Waals surface area contributed by atoms with Gasteiger partial charge in [0.1, 0.15) is 6.29 Å². The molecule has 0 aromatic carbocycles. The molecule has 1 saturated carbocycles. The molecule has 0 radical (unpaired) electrons. The van der Waals surface area contributed by atoms with Gasteiger partial charge in [-0.05, 0) is 12.8 Å². The van der Waals surface area contributed by atoms with Crippen LogP contribution in [0.3, 0.4) is 0 Å². The van der Waals surface area contributed by atoms with Crippen LogP contribution in [0.25, 0.3) is 0 Å². The smallest absolute Gasteiger partial charge is 0.132 e. The summed E-state index contributed by atoms with van der Waals surface area (Å²) in [6, 6.07) is 0. The number of imidazole rings is 1. The lowest BCUT2D eigenvalue weighted by atomic mass is 10.1. The molecule has 1 heterocycles. The predicted molar refractivity (Wildman–Crippen MR) is 35.6 cm³/mol. The van der Waals surface area contributed by atoms with E-state index in [1.54, 1.807) is 12.5 Å². The van der Waals surface area contributed by atoms with E-state index in [2.05, 4.69) is 9.97 Å². The lowest BCUT2D eigenvalue weighted by Crippen LogP contribution is -2.07. The third-order valence-corrected chi connectivity index (χ3v) is 2.02. The topological polar surface area (TPSA) is 45.8 Å². The van der Waals surface area contributed by atoms with E-state index < -0.39 is 0 Å². The quantitative estimate of drug-likeness (QED) is 0.606. The third kappa shape index (κ3) is 0.602. The number of aldehydes is 1. The maximum atomic E-state index is 10.5. The molecule has 1 aromatic rings. The van der Waals surface area contributed by atoms with Gasteiger partial charge < -0.3 is 9.78 Å². The first-order valence-corrected chi connectivity index (χ1v) is 3.33. The Morgan fingerprint density at radius 3 is 2.90 bits per heavy atom. The van der Waals surface area contributed by atoms with E-state index in [0.717, 1.165) is 24.8 Å². The van der Waals surface area contributed by atoms with Gasteiger partial charge in [0.15, 0.2) is 0 Å². The molecular formula is C7H8N2O. The van der Waals surface area contributed by atoms with E-state index >= 15 is 0 Å². The summed E-state index contributed by atoms with van der Waals surface area (Å²) in [7, 11) is 0. The normalized spacial score (nSPS) is 20.4. The SMILES string of the molecule is O=CC1(c2c[nH]cn2)CC1. The monoisotopic (exact) mass is 136 g/mol. The minimum atomic E-state index is -0.208. The van der Waals surface area contributed by atoms with E-state index in [-0.39, 0.29) is 5.41 Å². The van der Waals surface area contributed by atoms with Crippen molar-refractivity contribution in [3.8, 4) is 0 Å². The van der Waals surface area contributed by atoms with Crippen LogP contribution in [0.15, 0.2) is 12.5 Å². The average Bonchev–Trinajstić information content (AvgIpc) is 2.58. The van der Waals surface area contributed by atoms with Crippen molar-refractivity contribution in [2.24, 2.45) is 0 Å². The van der Waals surface area contributed by atoms with Crippen molar-refractivity contribution < 1.29 is 4.79 Å². The maximum Gasteiger partial charge on any atom is 0.132 e. The number of aromatic nitrogens is 2. The molecule has 0 amide bonds. The zero-order chi connectivity index (χ0) is 7.03. The third-order valence-electron chi connectivity index (χ3n) is 2.02. The molecule has 1 aliphatic rings. The number of H-pyrrole nitrogens is 1. The summed E-state index contributed by atoms with van der Waals surface area (Å²) in [5.41, 5.74) is 0.683. The van der Waals surface area contributed by atoms with Gasteiger partial charge in [-0.15, -0.1) is 0 Å². The van der Waals surface area contributed by atoms with Gasteiger partial charge in [0, 0.05) is 6.20 Å². The second-order valence-corrected chi connectivity index (χ2v) is 2.73. The molecule has 10 heavy (non-hydrogen) atoms. The van der Waals surface area contributed by atoms with Gasteiger partial charge in [0.2, 0.25) is 0 Å². The lowest BCUT2D eigenvalue weighted by Gasteiger charge is -1.98. The molecule has 1 aromatic heterocycles. The Labute approximate surface area is 58.5 Å². The fraction of sp³-hybridized carbons (Fsp3) is 0.429. The molecular weight excluding hydrogens is 128 g/mol. The molecule has 1 N–H and O–H groups in total. The van der Waals surface area contributed by atoms with Crippen molar-refractivity contribution in [1.29, 1.82) is 0 Å². The van der Waals surface area contributed by atoms with Crippen LogP contribution < -0.4 is 0 Å². The second-order valence-electron chi connectivity index (χ2n) is 2.73. The van der Waals surface area contributed by atoms with Crippen molar-refractivity contribution in [3.05, 3.63) is 18.2 Å². The molecule has 0 spiro atoms. The Balaban J connectivity index is 2.35. The van der Waals surface area contributed by atoms with Crippen LogP contribution in [-0.2, 0) is 10.2 Å². The molecule has 0 atom stereocenters. The maximum absolute atomic E-state index is 10.5. The van der Waals surface area contributed by atoms with Gasteiger partial charge in [-0.2, -0.15) is 0 Å². The number of hydrogen-bond acceptors (Lipinski definition) is 2. The minimum Gasteiger partial charge on any atom is -0.351 e. The van der Waals surface area contributed by atoms with Crippen LogP contribution >= 0.6 is 0 Å². The molecule has 52 valence electrons. The molecule has 2 rings (SSSR count). The van der Waals surface area contributed by atoms with Gasteiger partial charge in [-0.25, -0.2) is 4.98 Å². The Morgan fingerprint density at radius 1 is 1.70 bits per heavy atom. The fourth-order valence-electron chi connectivity index (χ4n) is 1.10. The number of rotatable bonds is 2. The highest BCUT2D eigenvalue weighted by Gasteiger charge is 2.45. The molecule has 3 heteroatoms. The number of nitrogens with zero attached hydrogens (tertiary/aromatic N) is 1. The summed E-state index contributed by atoms with van der Waals surface area (Å²) < 4.78 is 0. The summed E-state index contributed by atoms with van der Waals surface area (Å²) in [6.45, 7) is 0. The van der Waals surface area contributed by atoms with E-state index in [4.69, 9.17) is 0 Å². The largest absolute Gasteiger partial charge is 0.351 e. The summed E-state index contributed by atoms with van der Waals surface area (Å²) in [4.78, 5) is 17.4. The predicted octanol–water partition coefficient (Wildman–Crippen LogP) is 0.640. The van der Waals surface area contributed by atoms with E-state index in [0.29, 0.717) is 0 Å². The van der Waals surface area contributed by atoms with E-state index in [1.807, 2.05) is 0 Å². The number of carbonyl (C=O) groups excluding carboxylic acids is 1. The first kappa shape index (κ1) is 5.65. The zero-order valence-corrected chi connectivity index (χ0v) is 5.50. The van der Waals surface area contributed by atoms with Gasteiger partial charge in [-0.3, -0.25) is 0 Å². The zero-order valence-electron chi connectivity index (χ0n) is 5.50. The van der Waals surface area contributed by atoms with Gasteiger partial charge in [-0.1, -0.05) is 0 Å². The van der Waals surface area contributed by atoms with Gasteiger partial charge in [0.05, 0.1) is 17.4 Å². The Hall–Kier alpha value is -1.12. The Bertz CT molecular complexity index is 236. The van der Waals surface area contributed by atoms with Gasteiger partial charge >= 0.3 is 0 Å². The first-order valence-electron chi connectivity index (χ1n) is 3.33. The average molecular weight is 136 g/mol. The van der Waals surface area contributed by atoms with Crippen LogP contribution in [-0.4, -0.2) is 16.3 Å². The Morgan fingerprint density at radius 2 is 2.50 bits per heavy atom. The summed E-state index contributed by atoms with van der Waals surface area (Å²) >= 11 is 0. The first-order chi connectivity index (χ1) is 4.87. The van der Waals surface area contributed by atoms with Crippen LogP contribution in [0.4, 0.5) is 0 Å². The number of carbonyl (C=O) groups is 1. The number of aromatic amines is 1. The second kappa shape index (κ2) is 1.68. The highest BCUT2D eigenvalue weighted by molar-refractivity contribution is 5.71. The molecule has 0 saturated heterocycles. The number of nitrogens with one attached hydrogen (secondary N) is 1. The van der Waals surface area contributed by atoms with Gasteiger partial charge in [0.25, 0.3) is 0 Å². The highest BCUT2D eigenvalue weighted by Crippen LogP contribution is 2.44. The molecule has 0 aliphatic heterocycles. The summed E-state index contributed by atoms with van der Waals surface area (Å²) in [6.07, 6.45) is 6.33. The standard InChI is InChI=1S/C7H8N2O/c10-4-7(1-2-7)6-3-8-5-9-6/h3-5H,1-2H2,(H,8,9). The van der Waals surface area contributed by atoms with Crippen molar-refractivity contribution >= 4 is 6.29 Å². The molecule has 3 nitrogen and oxygen atoms in total. The van der Waals surface area contributed by atoms with Crippen molar-refractivity contribution in [2.45, 2.75) is 18.3 Å².